The van der Waals surface area contributed by atoms with Crippen molar-refractivity contribution in [3.05, 3.63) is 47.7 Å². The highest BCUT2D eigenvalue weighted by molar-refractivity contribution is 5.72. The van der Waals surface area contributed by atoms with Crippen LogP contribution in [0.25, 0.3) is 0 Å². The van der Waals surface area contributed by atoms with Crippen LogP contribution in [0.4, 0.5) is 0 Å². The van der Waals surface area contributed by atoms with Gasteiger partial charge in [0, 0.05) is 24.7 Å². The number of benzene rings is 1. The molecule has 0 aliphatic carbocycles. The van der Waals surface area contributed by atoms with Crippen molar-refractivity contribution in [2.75, 3.05) is 0 Å². The Balaban J connectivity index is 3.15. The predicted octanol–water partition coefficient (Wildman–Crippen LogP) is 5.46. The zero-order valence-electron chi connectivity index (χ0n) is 21.6. The fraction of sp³-hybridized carbons (Fsp3) is 0.630. The fourth-order valence-corrected chi connectivity index (χ4v) is 3.87. The van der Waals surface area contributed by atoms with Crippen LogP contribution in [-0.2, 0) is 23.8 Å². The van der Waals surface area contributed by atoms with Crippen molar-refractivity contribution in [1.29, 1.82) is 0 Å². The number of rotatable bonds is 12. The minimum absolute atomic E-state index is 0.191. The average Bonchev–Trinajstić information content (AvgIpc) is 2.78. The summed E-state index contributed by atoms with van der Waals surface area (Å²) in [4.78, 5) is 23.7. The van der Waals surface area contributed by atoms with E-state index in [1.165, 1.54) is 6.92 Å². The predicted molar refractivity (Wildman–Crippen MR) is 129 cm³/mol. The van der Waals surface area contributed by atoms with Crippen LogP contribution in [0.15, 0.2) is 42.2 Å². The van der Waals surface area contributed by atoms with E-state index in [0.29, 0.717) is 5.76 Å². The van der Waals surface area contributed by atoms with Gasteiger partial charge < -0.3 is 19.3 Å². The number of allylic oxidation sites excluding steroid dienone is 1. The van der Waals surface area contributed by atoms with Crippen LogP contribution >= 0.6 is 0 Å². The number of hydrogen-bond donors (Lipinski definition) is 1. The second-order valence-electron chi connectivity index (χ2n) is 9.23. The molecule has 0 spiro atoms. The maximum absolute atomic E-state index is 12.1. The van der Waals surface area contributed by atoms with E-state index in [0.717, 1.165) is 5.56 Å². The van der Waals surface area contributed by atoms with Gasteiger partial charge in [-0.05, 0) is 32.4 Å². The van der Waals surface area contributed by atoms with Gasteiger partial charge in [-0.25, -0.2) is 0 Å². The Hall–Kier alpha value is -2.18. The Morgan fingerprint density at radius 1 is 0.939 bits per heavy atom. The fourth-order valence-electron chi connectivity index (χ4n) is 3.87. The average molecular weight is 463 g/mol. The highest BCUT2D eigenvalue weighted by atomic mass is 16.5. The highest BCUT2D eigenvalue weighted by Gasteiger charge is 2.38. The monoisotopic (exact) mass is 462 g/mol. The molecule has 0 saturated carbocycles. The number of aliphatic hydroxyl groups excluding tert-OH is 1. The van der Waals surface area contributed by atoms with E-state index in [1.54, 1.807) is 26.8 Å². The van der Waals surface area contributed by atoms with Gasteiger partial charge in [0.05, 0.1) is 24.2 Å². The van der Waals surface area contributed by atoms with Gasteiger partial charge in [0.15, 0.2) is 0 Å². The van der Waals surface area contributed by atoms with Crippen molar-refractivity contribution >= 4 is 11.9 Å². The SMILES string of the molecule is C/C=C(\OC(=O)C(C)C)[C@@H](C)[C@@H](O)[C@H](C)[C@@H](O[C@@H](C)c1ccccc1)[C@@H](C)[C@@H](C)OC(C)=O. The standard InChI is InChI=1S/C27H42O6/c1-10-24(33-27(30)16(2)3)18(5)25(29)19(6)26(17(4)20(7)31-22(9)28)32-21(8)23-14-12-11-13-15-23/h10-21,25-26,29H,1-9H3/b24-10-/t17-,18+,19-,20+,21-,25+,26-/m0/s1. The quantitative estimate of drug-likeness (QED) is 0.328. The van der Waals surface area contributed by atoms with Gasteiger partial charge in [-0.1, -0.05) is 65.0 Å². The summed E-state index contributed by atoms with van der Waals surface area (Å²) in [7, 11) is 0. The summed E-state index contributed by atoms with van der Waals surface area (Å²) in [6.07, 6.45) is -0.190. The van der Waals surface area contributed by atoms with Crippen molar-refractivity contribution in [2.24, 2.45) is 23.7 Å². The molecule has 0 aliphatic rings. The number of hydrogen-bond acceptors (Lipinski definition) is 6. The van der Waals surface area contributed by atoms with Crippen molar-refractivity contribution < 1.29 is 28.9 Å². The van der Waals surface area contributed by atoms with Gasteiger partial charge >= 0.3 is 11.9 Å². The van der Waals surface area contributed by atoms with Crippen LogP contribution in [0.3, 0.4) is 0 Å². The van der Waals surface area contributed by atoms with Crippen LogP contribution < -0.4 is 0 Å². The first-order chi connectivity index (χ1) is 15.4. The lowest BCUT2D eigenvalue weighted by molar-refractivity contribution is -0.157. The summed E-state index contributed by atoms with van der Waals surface area (Å²) in [6.45, 7) is 16.2. The Kier molecular flexibility index (Phi) is 11.8. The van der Waals surface area contributed by atoms with Crippen molar-refractivity contribution in [1.82, 2.24) is 0 Å². The minimum atomic E-state index is -0.851. The zero-order valence-corrected chi connectivity index (χ0v) is 21.6. The topological polar surface area (TPSA) is 82.1 Å². The molecule has 0 heterocycles. The Morgan fingerprint density at radius 2 is 1.52 bits per heavy atom. The highest BCUT2D eigenvalue weighted by Crippen LogP contribution is 2.33. The van der Waals surface area contributed by atoms with Gasteiger partial charge in [0.25, 0.3) is 0 Å². The second-order valence-corrected chi connectivity index (χ2v) is 9.23. The van der Waals surface area contributed by atoms with Crippen molar-refractivity contribution in [2.45, 2.75) is 86.7 Å². The Morgan fingerprint density at radius 3 is 2.00 bits per heavy atom. The molecule has 0 aliphatic heterocycles. The molecule has 0 aromatic heterocycles. The summed E-state index contributed by atoms with van der Waals surface area (Å²) in [5.74, 6) is -1.49. The van der Waals surface area contributed by atoms with Crippen LogP contribution in [0.2, 0.25) is 0 Å². The number of carbonyl (C=O) groups is 2. The third-order valence-corrected chi connectivity index (χ3v) is 6.23. The third-order valence-electron chi connectivity index (χ3n) is 6.23. The number of carbonyl (C=O) groups excluding carboxylic acids is 2. The van der Waals surface area contributed by atoms with Gasteiger partial charge in [-0.15, -0.1) is 0 Å². The van der Waals surface area contributed by atoms with Gasteiger partial charge in [0.1, 0.15) is 11.9 Å². The normalized spacial score (nSPS) is 18.6. The van der Waals surface area contributed by atoms with E-state index in [9.17, 15) is 14.7 Å². The summed E-state index contributed by atoms with van der Waals surface area (Å²) in [5, 5.41) is 11.3. The van der Waals surface area contributed by atoms with Crippen LogP contribution in [-0.4, -0.2) is 35.4 Å². The molecular weight excluding hydrogens is 420 g/mol. The molecule has 6 nitrogen and oxygen atoms in total. The van der Waals surface area contributed by atoms with Crippen LogP contribution in [0.5, 0.6) is 0 Å². The van der Waals surface area contributed by atoms with E-state index in [2.05, 4.69) is 0 Å². The molecule has 7 atom stereocenters. The second kappa shape index (κ2) is 13.5. The van der Waals surface area contributed by atoms with Gasteiger partial charge in [-0.3, -0.25) is 9.59 Å². The zero-order chi connectivity index (χ0) is 25.3. The van der Waals surface area contributed by atoms with Gasteiger partial charge in [0.2, 0.25) is 0 Å². The molecule has 0 amide bonds. The first kappa shape index (κ1) is 28.9. The maximum Gasteiger partial charge on any atom is 0.313 e. The molecule has 1 aromatic rings. The summed E-state index contributed by atoms with van der Waals surface area (Å²) in [6, 6.07) is 9.85. The van der Waals surface area contributed by atoms with E-state index in [1.807, 2.05) is 65.0 Å². The minimum Gasteiger partial charge on any atom is -0.462 e. The lowest BCUT2D eigenvalue weighted by Gasteiger charge is -2.38. The summed E-state index contributed by atoms with van der Waals surface area (Å²) < 4.78 is 17.5. The number of ether oxygens (including phenoxy) is 3. The lowest BCUT2D eigenvalue weighted by Crippen LogP contribution is -2.44. The molecule has 1 aromatic carbocycles. The molecular formula is C27H42O6. The largest absolute Gasteiger partial charge is 0.462 e. The van der Waals surface area contributed by atoms with Crippen LogP contribution in [0.1, 0.15) is 74.0 Å². The molecule has 0 fully saturated rings. The first-order valence-corrected chi connectivity index (χ1v) is 11.8. The van der Waals surface area contributed by atoms with E-state index in [-0.39, 0.29) is 35.8 Å². The lowest BCUT2D eigenvalue weighted by atomic mass is 9.81. The molecule has 1 rings (SSSR count). The first-order valence-electron chi connectivity index (χ1n) is 11.8. The maximum atomic E-state index is 12.1. The number of esters is 2. The summed E-state index contributed by atoms with van der Waals surface area (Å²) >= 11 is 0. The van der Waals surface area contributed by atoms with E-state index >= 15 is 0 Å². The Labute approximate surface area is 199 Å². The molecule has 1 N–H and O–H groups in total. The molecule has 6 heteroatoms. The number of aliphatic hydroxyl groups is 1. The van der Waals surface area contributed by atoms with Gasteiger partial charge in [-0.2, -0.15) is 0 Å². The molecule has 186 valence electrons. The third kappa shape index (κ3) is 8.59. The Bertz CT molecular complexity index is 772. The molecule has 0 saturated heterocycles. The molecule has 0 radical (unpaired) electrons. The van der Waals surface area contributed by atoms with Crippen molar-refractivity contribution in [3.8, 4) is 0 Å². The van der Waals surface area contributed by atoms with E-state index in [4.69, 9.17) is 14.2 Å². The molecule has 33 heavy (non-hydrogen) atoms. The van der Waals surface area contributed by atoms with E-state index < -0.39 is 24.2 Å². The smallest absolute Gasteiger partial charge is 0.313 e. The summed E-state index contributed by atoms with van der Waals surface area (Å²) in [5.41, 5.74) is 1.02. The molecule has 0 unspecified atom stereocenters. The van der Waals surface area contributed by atoms with Crippen molar-refractivity contribution in [3.63, 3.8) is 0 Å². The molecule has 0 bridgehead atoms. The van der Waals surface area contributed by atoms with Crippen LogP contribution in [0, 0.1) is 23.7 Å².